The second kappa shape index (κ2) is 3.95. The zero-order valence-electron chi connectivity index (χ0n) is 12.2. The van der Waals surface area contributed by atoms with Crippen LogP contribution in [-0.4, -0.2) is 9.38 Å². The first kappa shape index (κ1) is 13.3. The zero-order chi connectivity index (χ0) is 13.7. The summed E-state index contributed by atoms with van der Waals surface area (Å²) in [7, 11) is 0. The zero-order valence-corrected chi connectivity index (χ0v) is 13.0. The predicted molar refractivity (Wildman–Crippen MR) is 79.6 cm³/mol. The minimum atomic E-state index is -0.0664. The number of fused-ring (bicyclic) bond motifs is 1. The van der Waals surface area contributed by atoms with Gasteiger partial charge in [0.05, 0.1) is 11.4 Å². The average Bonchev–Trinajstić information content (AvgIpc) is 2.72. The van der Waals surface area contributed by atoms with Crippen LogP contribution in [0.1, 0.15) is 52.9 Å². The molecule has 98 valence electrons. The molecule has 0 unspecified atom stereocenters. The lowest BCUT2D eigenvalue weighted by atomic mass is 9.77. The largest absolute Gasteiger partial charge is 0.294 e. The second-order valence-electron chi connectivity index (χ2n) is 6.52. The number of thiazole rings is 1. The van der Waals surface area contributed by atoms with Gasteiger partial charge in [0.15, 0.2) is 4.96 Å². The van der Waals surface area contributed by atoms with Crippen LogP contribution in [0.2, 0.25) is 0 Å². The molecule has 0 radical (unpaired) electrons. The summed E-state index contributed by atoms with van der Waals surface area (Å²) in [4.78, 5) is 5.91. The van der Waals surface area contributed by atoms with Gasteiger partial charge in [-0.2, -0.15) is 0 Å². The standard InChI is InChI=1S/C15H22N2S/c1-10(2)15(6,7)12-11(14(3,4)5)16-13-17(12)8-9-18-13/h8-9H,1H2,2-7H3. The molecule has 0 N–H and O–H groups in total. The number of aromatic nitrogens is 2. The van der Waals surface area contributed by atoms with Gasteiger partial charge in [-0.05, 0) is 6.92 Å². The second-order valence-corrected chi connectivity index (χ2v) is 7.39. The van der Waals surface area contributed by atoms with Crippen LogP contribution in [0.5, 0.6) is 0 Å². The summed E-state index contributed by atoms with van der Waals surface area (Å²) in [5.41, 5.74) is 3.61. The van der Waals surface area contributed by atoms with E-state index in [-0.39, 0.29) is 10.8 Å². The van der Waals surface area contributed by atoms with Gasteiger partial charge in [0.25, 0.3) is 0 Å². The molecule has 0 amide bonds. The highest BCUT2D eigenvalue weighted by Gasteiger charge is 2.34. The van der Waals surface area contributed by atoms with Gasteiger partial charge in [-0.3, -0.25) is 4.40 Å². The van der Waals surface area contributed by atoms with Gasteiger partial charge in [-0.25, -0.2) is 4.98 Å². The van der Waals surface area contributed by atoms with Gasteiger partial charge in [0, 0.05) is 22.4 Å². The van der Waals surface area contributed by atoms with Crippen molar-refractivity contribution in [2.75, 3.05) is 0 Å². The fourth-order valence-corrected chi connectivity index (χ4v) is 2.82. The Kier molecular flexibility index (Phi) is 2.93. The highest BCUT2D eigenvalue weighted by Crippen LogP contribution is 2.38. The maximum absolute atomic E-state index is 4.83. The molecule has 2 aromatic rings. The van der Waals surface area contributed by atoms with E-state index in [4.69, 9.17) is 4.98 Å². The van der Waals surface area contributed by atoms with Gasteiger partial charge in [0.1, 0.15) is 0 Å². The van der Waals surface area contributed by atoms with Crippen molar-refractivity contribution in [3.8, 4) is 0 Å². The Bertz CT molecular complexity index is 594. The maximum atomic E-state index is 4.83. The Hall–Kier alpha value is -1.09. The van der Waals surface area contributed by atoms with E-state index in [0.29, 0.717) is 0 Å². The first-order valence-corrected chi connectivity index (χ1v) is 7.16. The molecule has 2 nitrogen and oxygen atoms in total. The lowest BCUT2D eigenvalue weighted by Gasteiger charge is -2.29. The van der Waals surface area contributed by atoms with Gasteiger partial charge in [-0.1, -0.05) is 46.8 Å². The molecule has 0 aliphatic rings. The van der Waals surface area contributed by atoms with E-state index >= 15 is 0 Å². The summed E-state index contributed by atoms with van der Waals surface area (Å²) >= 11 is 1.69. The van der Waals surface area contributed by atoms with E-state index in [1.807, 2.05) is 0 Å². The molecule has 0 spiro atoms. The molecular formula is C15H22N2S. The summed E-state index contributed by atoms with van der Waals surface area (Å²) in [6, 6.07) is 0. The minimum absolute atomic E-state index is 0.0494. The number of allylic oxidation sites excluding steroid dienone is 1. The van der Waals surface area contributed by atoms with E-state index in [1.54, 1.807) is 11.3 Å². The smallest absolute Gasteiger partial charge is 0.194 e. The number of hydrogen-bond donors (Lipinski definition) is 0. The third-order valence-corrected chi connectivity index (χ3v) is 4.39. The fraction of sp³-hybridized carbons (Fsp3) is 0.533. The van der Waals surface area contributed by atoms with E-state index in [1.165, 1.54) is 17.0 Å². The molecule has 2 rings (SSSR count). The minimum Gasteiger partial charge on any atom is -0.294 e. The van der Waals surface area contributed by atoms with Gasteiger partial charge >= 0.3 is 0 Å². The Morgan fingerprint density at radius 2 is 1.89 bits per heavy atom. The molecule has 18 heavy (non-hydrogen) atoms. The molecular weight excluding hydrogens is 240 g/mol. The highest BCUT2D eigenvalue weighted by molar-refractivity contribution is 7.15. The van der Waals surface area contributed by atoms with Crippen LogP contribution in [0, 0.1) is 0 Å². The molecule has 2 heterocycles. The molecule has 0 fully saturated rings. The predicted octanol–water partition coefficient (Wildman–Crippen LogP) is 4.55. The van der Waals surface area contributed by atoms with Crippen LogP contribution in [-0.2, 0) is 10.8 Å². The van der Waals surface area contributed by atoms with Crippen molar-refractivity contribution < 1.29 is 0 Å². The summed E-state index contributed by atoms with van der Waals surface area (Å²) in [6.45, 7) is 17.4. The molecule has 3 heteroatoms. The lowest BCUT2D eigenvalue weighted by Crippen LogP contribution is -2.26. The van der Waals surface area contributed by atoms with Gasteiger partial charge in [0.2, 0.25) is 0 Å². The van der Waals surface area contributed by atoms with Crippen molar-refractivity contribution in [3.05, 3.63) is 35.1 Å². The SMILES string of the molecule is C=C(C)C(C)(C)c1c(C(C)(C)C)nc2sccn12. The quantitative estimate of drug-likeness (QED) is 0.726. The van der Waals surface area contributed by atoms with E-state index in [9.17, 15) is 0 Å². The molecule has 0 saturated heterocycles. The normalized spacial score (nSPS) is 13.2. The summed E-state index contributed by atoms with van der Waals surface area (Å²) in [5, 5.41) is 2.09. The fourth-order valence-electron chi connectivity index (χ4n) is 2.11. The number of rotatable bonds is 2. The van der Waals surface area contributed by atoms with Crippen molar-refractivity contribution in [1.82, 2.24) is 9.38 Å². The molecule has 0 bridgehead atoms. The van der Waals surface area contributed by atoms with E-state index in [0.717, 1.165) is 4.96 Å². The Labute approximate surface area is 113 Å². The van der Waals surface area contributed by atoms with E-state index < -0.39 is 0 Å². The molecule has 0 atom stereocenters. The van der Waals surface area contributed by atoms with E-state index in [2.05, 4.69) is 64.1 Å². The highest BCUT2D eigenvalue weighted by atomic mass is 32.1. The van der Waals surface area contributed by atoms with Gasteiger partial charge < -0.3 is 0 Å². The number of hydrogen-bond acceptors (Lipinski definition) is 2. The molecule has 0 aromatic carbocycles. The maximum Gasteiger partial charge on any atom is 0.194 e. The Balaban J connectivity index is 2.81. The van der Waals surface area contributed by atoms with Crippen LogP contribution < -0.4 is 0 Å². The first-order chi connectivity index (χ1) is 8.15. The number of nitrogens with zero attached hydrogens (tertiary/aromatic N) is 2. The molecule has 0 aliphatic carbocycles. The van der Waals surface area contributed by atoms with Crippen molar-refractivity contribution >= 4 is 16.3 Å². The molecule has 0 aliphatic heterocycles. The Morgan fingerprint density at radius 3 is 2.39 bits per heavy atom. The Morgan fingerprint density at radius 1 is 1.28 bits per heavy atom. The van der Waals surface area contributed by atoms with Crippen LogP contribution >= 0.6 is 11.3 Å². The monoisotopic (exact) mass is 262 g/mol. The first-order valence-electron chi connectivity index (χ1n) is 6.28. The number of imidazole rings is 1. The van der Waals surface area contributed by atoms with Crippen LogP contribution in [0.15, 0.2) is 23.7 Å². The van der Waals surface area contributed by atoms with Crippen LogP contribution in [0.4, 0.5) is 0 Å². The molecule has 0 saturated carbocycles. The molecule has 2 aromatic heterocycles. The lowest BCUT2D eigenvalue weighted by molar-refractivity contribution is 0.522. The summed E-state index contributed by atoms with van der Waals surface area (Å²) in [6.07, 6.45) is 2.11. The van der Waals surface area contributed by atoms with Crippen molar-refractivity contribution in [2.45, 2.75) is 52.4 Å². The van der Waals surface area contributed by atoms with Crippen molar-refractivity contribution in [3.63, 3.8) is 0 Å². The topological polar surface area (TPSA) is 17.3 Å². The van der Waals surface area contributed by atoms with Crippen molar-refractivity contribution in [1.29, 1.82) is 0 Å². The van der Waals surface area contributed by atoms with Crippen molar-refractivity contribution in [2.24, 2.45) is 0 Å². The van der Waals surface area contributed by atoms with Gasteiger partial charge in [-0.15, -0.1) is 11.3 Å². The average molecular weight is 262 g/mol. The van der Waals surface area contributed by atoms with Crippen LogP contribution in [0.25, 0.3) is 4.96 Å². The van der Waals surface area contributed by atoms with Crippen LogP contribution in [0.3, 0.4) is 0 Å². The third-order valence-electron chi connectivity index (χ3n) is 3.63. The third kappa shape index (κ3) is 1.91. The summed E-state index contributed by atoms with van der Waals surface area (Å²) < 4.78 is 2.22. The summed E-state index contributed by atoms with van der Waals surface area (Å²) in [5.74, 6) is 0.